The van der Waals surface area contributed by atoms with Crippen molar-refractivity contribution >= 4 is 5.91 Å². The van der Waals surface area contributed by atoms with Crippen molar-refractivity contribution in [2.45, 2.75) is 31.8 Å². The van der Waals surface area contributed by atoms with Crippen LogP contribution in [0.3, 0.4) is 0 Å². The maximum Gasteiger partial charge on any atom is 0.225 e. The summed E-state index contributed by atoms with van der Waals surface area (Å²) in [5, 5.41) is 9.83. The molecule has 4 heteroatoms. The molecule has 1 fully saturated rings. The predicted molar refractivity (Wildman–Crippen MR) is 73.3 cm³/mol. The Bertz CT molecular complexity index is 271. The molecule has 1 aliphatic heterocycles. The Hall–Kier alpha value is -0.870. The number of hydrogen-bond acceptors (Lipinski definition) is 3. The van der Waals surface area contributed by atoms with Crippen LogP contribution >= 0.6 is 0 Å². The molecule has 1 amide bonds. The number of piperidine rings is 1. The molecule has 0 spiro atoms. The molecule has 0 aromatic heterocycles. The van der Waals surface area contributed by atoms with Crippen molar-refractivity contribution in [3.05, 3.63) is 12.7 Å². The van der Waals surface area contributed by atoms with Gasteiger partial charge in [0.15, 0.2) is 0 Å². The van der Waals surface area contributed by atoms with Crippen LogP contribution < -0.4 is 0 Å². The van der Waals surface area contributed by atoms with E-state index in [1.54, 1.807) is 4.90 Å². The number of aliphatic hydroxyl groups excluding tert-OH is 1. The molecule has 0 bridgehead atoms. The fourth-order valence-corrected chi connectivity index (χ4v) is 2.43. The summed E-state index contributed by atoms with van der Waals surface area (Å²) < 4.78 is 0. The van der Waals surface area contributed by atoms with Gasteiger partial charge in [-0.15, -0.1) is 6.58 Å². The lowest BCUT2D eigenvalue weighted by atomic mass is 9.95. The van der Waals surface area contributed by atoms with Gasteiger partial charge in [-0.05, 0) is 38.8 Å². The highest BCUT2D eigenvalue weighted by Gasteiger charge is 2.26. The van der Waals surface area contributed by atoms with E-state index in [0.717, 1.165) is 45.3 Å². The van der Waals surface area contributed by atoms with Gasteiger partial charge in [-0.25, -0.2) is 0 Å². The molecular weight excluding hydrogens is 228 g/mol. The molecule has 0 saturated carbocycles. The molecule has 0 aromatic carbocycles. The zero-order valence-electron chi connectivity index (χ0n) is 11.6. The van der Waals surface area contributed by atoms with E-state index in [1.807, 2.05) is 20.2 Å². The Morgan fingerprint density at radius 3 is 2.61 bits per heavy atom. The Morgan fingerprint density at radius 1 is 1.50 bits per heavy atom. The summed E-state index contributed by atoms with van der Waals surface area (Å²) in [6.45, 7) is 6.20. The SMILES string of the molecule is C=CCCC(O)CN1CCC(C(=O)N(C)C)CC1. The molecule has 0 aliphatic carbocycles. The number of nitrogens with zero attached hydrogens (tertiary/aromatic N) is 2. The van der Waals surface area contributed by atoms with Crippen LogP contribution in [-0.4, -0.2) is 60.6 Å². The van der Waals surface area contributed by atoms with E-state index in [-0.39, 0.29) is 17.9 Å². The molecule has 1 N–H and O–H groups in total. The third kappa shape index (κ3) is 4.78. The van der Waals surface area contributed by atoms with Crippen LogP contribution in [0, 0.1) is 5.92 Å². The number of hydrogen-bond donors (Lipinski definition) is 1. The van der Waals surface area contributed by atoms with Gasteiger partial charge in [-0.3, -0.25) is 4.79 Å². The molecule has 0 aromatic rings. The lowest BCUT2D eigenvalue weighted by Crippen LogP contribution is -2.42. The van der Waals surface area contributed by atoms with Crippen molar-refractivity contribution in [3.8, 4) is 0 Å². The number of allylic oxidation sites excluding steroid dienone is 1. The number of carbonyl (C=O) groups excluding carboxylic acids is 1. The zero-order valence-corrected chi connectivity index (χ0v) is 11.6. The summed E-state index contributed by atoms with van der Waals surface area (Å²) in [7, 11) is 3.63. The smallest absolute Gasteiger partial charge is 0.225 e. The molecule has 1 heterocycles. The highest BCUT2D eigenvalue weighted by molar-refractivity contribution is 5.78. The second-order valence-electron chi connectivity index (χ2n) is 5.33. The van der Waals surface area contributed by atoms with Crippen LogP contribution in [0.1, 0.15) is 25.7 Å². The second-order valence-corrected chi connectivity index (χ2v) is 5.33. The Labute approximate surface area is 110 Å². The summed E-state index contributed by atoms with van der Waals surface area (Å²) in [5.41, 5.74) is 0. The Kier molecular flexibility index (Phi) is 6.36. The number of likely N-dealkylation sites (tertiary alicyclic amines) is 1. The summed E-state index contributed by atoms with van der Waals surface area (Å²) >= 11 is 0. The first kappa shape index (κ1) is 15.2. The van der Waals surface area contributed by atoms with E-state index in [9.17, 15) is 9.90 Å². The van der Waals surface area contributed by atoms with Gasteiger partial charge in [-0.2, -0.15) is 0 Å². The highest BCUT2D eigenvalue weighted by Crippen LogP contribution is 2.19. The minimum Gasteiger partial charge on any atom is -0.392 e. The third-order valence-corrected chi connectivity index (χ3v) is 3.55. The standard InChI is InChI=1S/C14H26N2O2/c1-4-5-6-13(17)11-16-9-7-12(8-10-16)14(18)15(2)3/h4,12-13,17H,1,5-11H2,2-3H3. The van der Waals surface area contributed by atoms with Crippen LogP contribution in [0.15, 0.2) is 12.7 Å². The first-order valence-electron chi connectivity index (χ1n) is 6.77. The number of β-amino-alcohol motifs (C(OH)–C–C–N with tert-alkyl or cyclic N) is 1. The lowest BCUT2D eigenvalue weighted by molar-refractivity contribution is -0.134. The minimum atomic E-state index is -0.274. The van der Waals surface area contributed by atoms with Crippen LogP contribution in [-0.2, 0) is 4.79 Å². The van der Waals surface area contributed by atoms with E-state index < -0.39 is 0 Å². The average Bonchev–Trinajstić information content (AvgIpc) is 2.36. The van der Waals surface area contributed by atoms with Gasteiger partial charge in [0.25, 0.3) is 0 Å². The average molecular weight is 254 g/mol. The molecule has 1 atom stereocenters. The van der Waals surface area contributed by atoms with E-state index in [4.69, 9.17) is 0 Å². The summed E-state index contributed by atoms with van der Waals surface area (Å²) in [6.07, 6.45) is 5.02. The van der Waals surface area contributed by atoms with Crippen molar-refractivity contribution < 1.29 is 9.90 Å². The van der Waals surface area contributed by atoms with Crippen LogP contribution in [0.25, 0.3) is 0 Å². The fraction of sp³-hybridized carbons (Fsp3) is 0.786. The molecule has 4 nitrogen and oxygen atoms in total. The second kappa shape index (κ2) is 7.54. The van der Waals surface area contributed by atoms with Gasteiger partial charge in [0.1, 0.15) is 0 Å². The Balaban J connectivity index is 2.26. The van der Waals surface area contributed by atoms with E-state index >= 15 is 0 Å². The predicted octanol–water partition coefficient (Wildman–Crippen LogP) is 1.11. The Morgan fingerprint density at radius 2 is 2.11 bits per heavy atom. The highest BCUT2D eigenvalue weighted by atomic mass is 16.3. The van der Waals surface area contributed by atoms with Crippen molar-refractivity contribution in [1.82, 2.24) is 9.80 Å². The summed E-state index contributed by atoms with van der Waals surface area (Å²) in [6, 6.07) is 0. The lowest BCUT2D eigenvalue weighted by Gasteiger charge is -2.33. The summed E-state index contributed by atoms with van der Waals surface area (Å²) in [5.74, 6) is 0.406. The molecule has 18 heavy (non-hydrogen) atoms. The van der Waals surface area contributed by atoms with Crippen molar-refractivity contribution in [3.63, 3.8) is 0 Å². The van der Waals surface area contributed by atoms with E-state index in [1.165, 1.54) is 0 Å². The van der Waals surface area contributed by atoms with Crippen LogP contribution in [0.5, 0.6) is 0 Å². The van der Waals surface area contributed by atoms with Crippen LogP contribution in [0.4, 0.5) is 0 Å². The normalized spacial score (nSPS) is 19.5. The fourth-order valence-electron chi connectivity index (χ4n) is 2.43. The number of aliphatic hydroxyl groups is 1. The maximum atomic E-state index is 11.8. The topological polar surface area (TPSA) is 43.8 Å². The zero-order chi connectivity index (χ0) is 13.5. The van der Waals surface area contributed by atoms with E-state index in [0.29, 0.717) is 0 Å². The summed E-state index contributed by atoms with van der Waals surface area (Å²) in [4.78, 5) is 15.8. The first-order chi connectivity index (χ1) is 8.54. The van der Waals surface area contributed by atoms with Gasteiger partial charge in [0.2, 0.25) is 5.91 Å². The molecular formula is C14H26N2O2. The van der Waals surface area contributed by atoms with Gasteiger partial charge in [-0.1, -0.05) is 6.08 Å². The van der Waals surface area contributed by atoms with Crippen molar-refractivity contribution in [1.29, 1.82) is 0 Å². The molecule has 0 radical (unpaired) electrons. The molecule has 1 rings (SSSR count). The minimum absolute atomic E-state index is 0.168. The van der Waals surface area contributed by atoms with Gasteiger partial charge >= 0.3 is 0 Å². The third-order valence-electron chi connectivity index (χ3n) is 3.55. The molecule has 1 saturated heterocycles. The van der Waals surface area contributed by atoms with Crippen molar-refractivity contribution in [2.24, 2.45) is 5.92 Å². The van der Waals surface area contributed by atoms with Gasteiger partial charge in [0.05, 0.1) is 6.10 Å². The maximum absolute atomic E-state index is 11.8. The number of amides is 1. The van der Waals surface area contributed by atoms with Gasteiger partial charge in [0, 0.05) is 26.6 Å². The molecule has 104 valence electrons. The monoisotopic (exact) mass is 254 g/mol. The van der Waals surface area contributed by atoms with Crippen molar-refractivity contribution in [2.75, 3.05) is 33.7 Å². The largest absolute Gasteiger partial charge is 0.392 e. The quantitative estimate of drug-likeness (QED) is 0.722. The first-order valence-corrected chi connectivity index (χ1v) is 6.77. The van der Waals surface area contributed by atoms with Crippen LogP contribution in [0.2, 0.25) is 0 Å². The molecule has 1 unspecified atom stereocenters. The number of rotatable bonds is 6. The van der Waals surface area contributed by atoms with E-state index in [2.05, 4.69) is 11.5 Å². The molecule has 1 aliphatic rings. The van der Waals surface area contributed by atoms with Gasteiger partial charge < -0.3 is 14.9 Å². The number of carbonyl (C=O) groups is 1.